The second kappa shape index (κ2) is 14.3. The van der Waals surface area contributed by atoms with Gasteiger partial charge in [0.1, 0.15) is 18.3 Å². The monoisotopic (exact) mass is 452 g/mol. The Morgan fingerprint density at radius 2 is 1.72 bits per heavy atom. The fraction of sp³-hybridized carbons (Fsp3) is 0.720. The molecule has 1 fully saturated rings. The molecule has 1 saturated carbocycles. The number of hydrogen-bond acceptors (Lipinski definition) is 7. The molecular weight excluding hydrogens is 412 g/mol. The number of aliphatic hydroxyl groups is 2. The Kier molecular flexibility index (Phi) is 12.6. The van der Waals surface area contributed by atoms with Gasteiger partial charge in [0.2, 0.25) is 0 Å². The summed E-state index contributed by atoms with van der Waals surface area (Å²) in [6.07, 6.45) is 11.2. The molecule has 0 aromatic heterocycles. The lowest BCUT2D eigenvalue weighted by molar-refractivity contribution is -0.162. The van der Waals surface area contributed by atoms with Crippen LogP contribution in [0.15, 0.2) is 23.8 Å². The van der Waals surface area contributed by atoms with Crippen molar-refractivity contribution < 1.29 is 34.1 Å². The minimum absolute atomic E-state index is 0.00847. The minimum Gasteiger partial charge on any atom is -0.463 e. The highest BCUT2D eigenvalue weighted by Crippen LogP contribution is 2.31. The van der Waals surface area contributed by atoms with Crippen molar-refractivity contribution in [2.24, 2.45) is 23.2 Å². The van der Waals surface area contributed by atoms with Crippen LogP contribution in [0, 0.1) is 23.2 Å². The zero-order valence-corrected chi connectivity index (χ0v) is 19.9. The Bertz CT molecular complexity index is 655. The number of ether oxygens (including phenoxy) is 2. The van der Waals surface area contributed by atoms with Crippen molar-refractivity contribution in [3.8, 4) is 0 Å². The predicted molar refractivity (Wildman–Crippen MR) is 122 cm³/mol. The van der Waals surface area contributed by atoms with E-state index < -0.39 is 24.6 Å². The summed E-state index contributed by atoms with van der Waals surface area (Å²) >= 11 is 0. The van der Waals surface area contributed by atoms with Crippen molar-refractivity contribution in [3.05, 3.63) is 23.8 Å². The van der Waals surface area contributed by atoms with Crippen molar-refractivity contribution in [3.63, 3.8) is 0 Å². The molecule has 7 heteroatoms. The molecule has 2 N–H and O–H groups in total. The SMILES string of the molecule is C/C(C=O)=C\[C@@H](C)C(=O)/C=C/[C@H](C)C[C@H]1CC[C@H](OCCOC(=O)C(C)(CO)CO)CC1. The topological polar surface area (TPSA) is 110 Å². The van der Waals surface area contributed by atoms with Crippen LogP contribution >= 0.6 is 0 Å². The summed E-state index contributed by atoms with van der Waals surface area (Å²) in [6, 6.07) is 0. The van der Waals surface area contributed by atoms with Gasteiger partial charge in [0.05, 0.1) is 25.9 Å². The molecule has 1 aliphatic carbocycles. The van der Waals surface area contributed by atoms with Gasteiger partial charge in [-0.05, 0) is 69.4 Å². The highest BCUT2D eigenvalue weighted by molar-refractivity contribution is 5.93. The zero-order chi connectivity index (χ0) is 24.1. The second-order valence-corrected chi connectivity index (χ2v) is 9.32. The Labute approximate surface area is 191 Å². The van der Waals surface area contributed by atoms with Gasteiger partial charge >= 0.3 is 5.97 Å². The van der Waals surface area contributed by atoms with Crippen molar-refractivity contribution in [2.75, 3.05) is 26.4 Å². The molecule has 0 amide bonds. The standard InChI is InChI=1S/C25H40O7/c1-18(5-10-23(29)20(3)13-19(2)15-26)14-21-6-8-22(9-7-21)31-11-12-32-24(30)25(4,16-27)17-28/h5,10,13,15,18,20-22,27-28H,6-9,11-12,14,16-17H2,1-4H3/b10-5+,19-13+/t18-,20+,21-,22-/m0/s1. The molecule has 0 bridgehead atoms. The second-order valence-electron chi connectivity index (χ2n) is 9.32. The van der Waals surface area contributed by atoms with Crippen molar-refractivity contribution in [1.82, 2.24) is 0 Å². The lowest BCUT2D eigenvalue weighted by atomic mass is 9.82. The first-order valence-electron chi connectivity index (χ1n) is 11.5. The van der Waals surface area contributed by atoms with Gasteiger partial charge in [-0.15, -0.1) is 0 Å². The Hall–Kier alpha value is -1.83. The first-order chi connectivity index (χ1) is 15.1. The van der Waals surface area contributed by atoms with Gasteiger partial charge in [-0.3, -0.25) is 14.4 Å². The molecule has 0 heterocycles. The van der Waals surface area contributed by atoms with Gasteiger partial charge in [-0.25, -0.2) is 0 Å². The number of ketones is 1. The molecule has 1 rings (SSSR count). The van der Waals surface area contributed by atoms with E-state index in [-0.39, 0.29) is 24.4 Å². The summed E-state index contributed by atoms with van der Waals surface area (Å²) < 4.78 is 10.9. The van der Waals surface area contributed by atoms with Crippen LogP contribution in [-0.4, -0.2) is 60.8 Å². The van der Waals surface area contributed by atoms with E-state index in [1.807, 2.05) is 6.08 Å². The summed E-state index contributed by atoms with van der Waals surface area (Å²) in [4.78, 5) is 34.7. The first-order valence-corrected chi connectivity index (χ1v) is 11.5. The largest absolute Gasteiger partial charge is 0.463 e. The lowest BCUT2D eigenvalue weighted by Crippen LogP contribution is -2.37. The van der Waals surface area contributed by atoms with Crippen molar-refractivity contribution in [1.29, 1.82) is 0 Å². The van der Waals surface area contributed by atoms with E-state index >= 15 is 0 Å². The van der Waals surface area contributed by atoms with E-state index in [4.69, 9.17) is 9.47 Å². The third-order valence-electron chi connectivity index (χ3n) is 6.10. The molecular formula is C25H40O7. The summed E-state index contributed by atoms with van der Waals surface area (Å²) in [5, 5.41) is 18.4. The van der Waals surface area contributed by atoms with Crippen molar-refractivity contribution >= 4 is 18.0 Å². The van der Waals surface area contributed by atoms with Crippen LogP contribution in [0.4, 0.5) is 0 Å². The quantitative estimate of drug-likeness (QED) is 0.180. The van der Waals surface area contributed by atoms with Crippen LogP contribution in [0.3, 0.4) is 0 Å². The molecule has 2 atom stereocenters. The fourth-order valence-corrected chi connectivity index (χ4v) is 3.77. The zero-order valence-electron chi connectivity index (χ0n) is 19.9. The number of carbonyl (C=O) groups is 3. The molecule has 0 aliphatic heterocycles. The average Bonchev–Trinajstić information content (AvgIpc) is 2.80. The molecule has 0 spiro atoms. The van der Waals surface area contributed by atoms with Gasteiger partial charge in [0, 0.05) is 5.92 Å². The van der Waals surface area contributed by atoms with Gasteiger partial charge in [-0.1, -0.05) is 26.0 Å². The first kappa shape index (κ1) is 28.2. The molecule has 182 valence electrons. The minimum atomic E-state index is -1.28. The van der Waals surface area contributed by atoms with E-state index in [0.29, 0.717) is 24.0 Å². The third-order valence-corrected chi connectivity index (χ3v) is 6.10. The predicted octanol–water partition coefficient (Wildman–Crippen LogP) is 3.03. The number of esters is 1. The van der Waals surface area contributed by atoms with E-state index in [2.05, 4.69) is 6.92 Å². The maximum atomic E-state index is 12.2. The molecule has 0 aromatic carbocycles. The van der Waals surface area contributed by atoms with Crippen LogP contribution in [0.1, 0.15) is 59.8 Å². The Morgan fingerprint density at radius 3 is 2.28 bits per heavy atom. The Morgan fingerprint density at radius 1 is 1.09 bits per heavy atom. The van der Waals surface area contributed by atoms with E-state index in [1.165, 1.54) is 6.92 Å². The van der Waals surface area contributed by atoms with Crippen molar-refractivity contribution in [2.45, 2.75) is 65.9 Å². The summed E-state index contributed by atoms with van der Waals surface area (Å²) in [6.45, 7) is 6.52. The summed E-state index contributed by atoms with van der Waals surface area (Å²) in [5.41, 5.74) is -0.713. The fourth-order valence-electron chi connectivity index (χ4n) is 3.77. The van der Waals surface area contributed by atoms with E-state index in [1.54, 1.807) is 26.0 Å². The van der Waals surface area contributed by atoms with Crippen LogP contribution in [0.5, 0.6) is 0 Å². The normalized spacial score (nSPS) is 21.9. The molecule has 32 heavy (non-hydrogen) atoms. The maximum absolute atomic E-state index is 12.2. The van der Waals surface area contributed by atoms with Crippen LogP contribution < -0.4 is 0 Å². The van der Waals surface area contributed by atoms with E-state index in [9.17, 15) is 24.6 Å². The van der Waals surface area contributed by atoms with Crippen LogP contribution in [-0.2, 0) is 23.9 Å². The number of rotatable bonds is 14. The third kappa shape index (κ3) is 9.76. The maximum Gasteiger partial charge on any atom is 0.316 e. The average molecular weight is 453 g/mol. The number of hydrogen-bond donors (Lipinski definition) is 2. The molecule has 1 aliphatic rings. The van der Waals surface area contributed by atoms with Gasteiger partial charge in [0.25, 0.3) is 0 Å². The van der Waals surface area contributed by atoms with Gasteiger partial charge in [0.15, 0.2) is 5.78 Å². The number of aliphatic hydroxyl groups excluding tert-OH is 2. The summed E-state index contributed by atoms with van der Waals surface area (Å²) in [7, 11) is 0. The van der Waals surface area contributed by atoms with Gasteiger partial charge < -0.3 is 19.7 Å². The van der Waals surface area contributed by atoms with Crippen LogP contribution in [0.2, 0.25) is 0 Å². The van der Waals surface area contributed by atoms with Gasteiger partial charge in [-0.2, -0.15) is 0 Å². The van der Waals surface area contributed by atoms with Crippen LogP contribution in [0.25, 0.3) is 0 Å². The smallest absolute Gasteiger partial charge is 0.316 e. The van der Waals surface area contributed by atoms with E-state index in [0.717, 1.165) is 38.4 Å². The number of aldehydes is 1. The number of carbonyl (C=O) groups excluding carboxylic acids is 3. The lowest BCUT2D eigenvalue weighted by Gasteiger charge is -2.29. The Balaban J connectivity index is 2.28. The molecule has 0 radical (unpaired) electrons. The highest BCUT2D eigenvalue weighted by Gasteiger charge is 2.33. The highest BCUT2D eigenvalue weighted by atomic mass is 16.6. The summed E-state index contributed by atoms with van der Waals surface area (Å²) in [5.74, 6) is -0.0197. The molecule has 0 unspecified atom stereocenters. The molecule has 0 aromatic rings. The molecule has 0 saturated heterocycles. The number of allylic oxidation sites excluding steroid dienone is 4. The molecule has 7 nitrogen and oxygen atoms in total.